The van der Waals surface area contributed by atoms with Crippen LogP contribution in [0.1, 0.15) is 59.8 Å². The minimum Gasteiger partial charge on any atom is -0.492 e. The van der Waals surface area contributed by atoms with Gasteiger partial charge in [0.1, 0.15) is 34.7 Å². The molecule has 1 spiro atoms. The van der Waals surface area contributed by atoms with Crippen molar-refractivity contribution in [3.8, 4) is 11.5 Å². The Morgan fingerprint density at radius 3 is 2.40 bits per heavy atom. The van der Waals surface area contributed by atoms with Crippen LogP contribution in [0.5, 0.6) is 11.5 Å². The highest BCUT2D eigenvalue weighted by Gasteiger charge is 2.54. The summed E-state index contributed by atoms with van der Waals surface area (Å²) in [5, 5.41) is 20.7. The van der Waals surface area contributed by atoms with Gasteiger partial charge in [-0.1, -0.05) is 22.0 Å². The maximum absolute atomic E-state index is 13.7. The van der Waals surface area contributed by atoms with E-state index >= 15 is 0 Å². The Labute approximate surface area is 302 Å². The van der Waals surface area contributed by atoms with Gasteiger partial charge in [0.2, 0.25) is 10.0 Å². The molecule has 0 unspecified atom stereocenters. The van der Waals surface area contributed by atoms with Crippen LogP contribution in [0.25, 0.3) is 0 Å². The molecule has 3 fully saturated rings. The number of carbonyl (C=O) groups excluding carboxylic acids is 1. The van der Waals surface area contributed by atoms with Gasteiger partial charge in [0.15, 0.2) is 9.84 Å². The highest BCUT2D eigenvalue weighted by molar-refractivity contribution is 9.10. The van der Waals surface area contributed by atoms with E-state index in [2.05, 4.69) is 15.9 Å². The number of aliphatic hydroxyl groups is 2. The number of sulfonamides is 1. The van der Waals surface area contributed by atoms with E-state index in [4.69, 9.17) is 18.9 Å². The Hall–Kier alpha value is -2.47. The fourth-order valence-electron chi connectivity index (χ4n) is 6.40. The summed E-state index contributed by atoms with van der Waals surface area (Å²) in [6.07, 6.45) is 0.218. The van der Waals surface area contributed by atoms with Crippen molar-refractivity contribution in [3.63, 3.8) is 0 Å². The monoisotopic (exact) mass is 802 g/mol. The van der Waals surface area contributed by atoms with Crippen molar-refractivity contribution in [3.05, 3.63) is 46.9 Å². The quantitative estimate of drug-likeness (QED) is 0.299. The van der Waals surface area contributed by atoms with E-state index < -0.39 is 60.7 Å². The first-order valence-corrected chi connectivity index (χ1v) is 20.5. The number of hydrogen-bond acceptors (Lipinski definition) is 11. The number of benzene rings is 2. The normalized spacial score (nSPS) is 21.1. The molecule has 1 saturated carbocycles. The number of aliphatic hydroxyl groups excluding tert-OH is 2. The number of ether oxygens (including phenoxy) is 4. The smallest absolute Gasteiger partial charge is 0.410 e. The molecular weight excluding hydrogens is 756 g/mol. The van der Waals surface area contributed by atoms with Crippen LogP contribution in [0.4, 0.5) is 4.79 Å². The van der Waals surface area contributed by atoms with Gasteiger partial charge in [-0.25, -0.2) is 21.6 Å². The van der Waals surface area contributed by atoms with E-state index in [1.165, 1.54) is 27.4 Å². The molecule has 2 aromatic rings. The summed E-state index contributed by atoms with van der Waals surface area (Å²) in [6.45, 7) is 7.12. The molecule has 1 aliphatic carbocycles. The topological polar surface area (TPSA) is 169 Å². The number of sulfone groups is 1. The predicted octanol–water partition coefficient (Wildman–Crippen LogP) is 4.14. The number of rotatable bonds is 13. The fraction of sp³-hybridized carbons (Fsp3) is 0.618. The van der Waals surface area contributed by atoms with Crippen LogP contribution in [-0.4, -0.2) is 117 Å². The number of hydrogen-bond donors (Lipinski definition) is 2. The second-order valence-electron chi connectivity index (χ2n) is 14.2. The Morgan fingerprint density at radius 1 is 1.08 bits per heavy atom. The van der Waals surface area contributed by atoms with E-state index in [1.54, 1.807) is 52.0 Å². The Kier molecular flexibility index (Phi) is 11.5. The summed E-state index contributed by atoms with van der Waals surface area (Å²) in [4.78, 5) is 15.0. The van der Waals surface area contributed by atoms with E-state index in [0.29, 0.717) is 43.2 Å². The minimum atomic E-state index is -3.86. The summed E-state index contributed by atoms with van der Waals surface area (Å²) < 4.78 is 77.8. The average molecular weight is 804 g/mol. The van der Waals surface area contributed by atoms with Crippen molar-refractivity contribution in [1.82, 2.24) is 9.21 Å². The maximum Gasteiger partial charge on any atom is 0.410 e. The van der Waals surface area contributed by atoms with Crippen LogP contribution in [-0.2, 0) is 29.3 Å². The Morgan fingerprint density at radius 2 is 1.78 bits per heavy atom. The summed E-state index contributed by atoms with van der Waals surface area (Å²) in [5.74, 6) is 0.513. The van der Waals surface area contributed by atoms with Crippen LogP contribution in [0.2, 0.25) is 0 Å². The first-order valence-electron chi connectivity index (χ1n) is 16.8. The highest BCUT2D eigenvalue weighted by atomic mass is 79.9. The second kappa shape index (κ2) is 14.9. The molecule has 2 aliphatic heterocycles. The molecule has 13 nitrogen and oxygen atoms in total. The summed E-state index contributed by atoms with van der Waals surface area (Å²) in [7, 11) is -7.63. The van der Waals surface area contributed by atoms with Gasteiger partial charge in [0.25, 0.3) is 0 Å². The van der Waals surface area contributed by atoms with Crippen LogP contribution in [0.15, 0.2) is 56.7 Å². The van der Waals surface area contributed by atoms with Gasteiger partial charge in [-0.2, -0.15) is 4.31 Å². The largest absolute Gasteiger partial charge is 0.492 e. The van der Waals surface area contributed by atoms with Gasteiger partial charge in [-0.3, -0.25) is 0 Å². The fourth-order valence-corrected chi connectivity index (χ4v) is 10.3. The Bertz CT molecular complexity index is 1750. The van der Waals surface area contributed by atoms with Crippen molar-refractivity contribution in [1.29, 1.82) is 0 Å². The third-order valence-corrected chi connectivity index (χ3v) is 14.3. The lowest BCUT2D eigenvalue weighted by atomic mass is 9.88. The molecule has 0 radical (unpaired) electrons. The zero-order chi connectivity index (χ0) is 36.5. The highest BCUT2D eigenvalue weighted by Crippen LogP contribution is 2.46. The molecule has 2 N–H and O–H groups in total. The number of amides is 1. The SMILES string of the molecule is CCOc1ccc(Br)cc1S(=O)(=O)N1CCC2(CC1)C[C@H](N(C[C@H](O)COc1cccc(S(=O)(=O)C3(CO)CC3)c1)C(=O)OC(C)(C)C)CO2. The van der Waals surface area contributed by atoms with Gasteiger partial charge in [-0.15, -0.1) is 0 Å². The van der Waals surface area contributed by atoms with Crippen molar-refractivity contribution in [2.45, 2.75) is 97.7 Å². The molecule has 3 aliphatic rings. The number of halogens is 1. The molecule has 16 heteroatoms. The molecule has 1 amide bonds. The van der Waals surface area contributed by atoms with Gasteiger partial charge in [-0.05, 0) is 96.2 Å². The molecule has 50 heavy (non-hydrogen) atoms. The van der Waals surface area contributed by atoms with E-state index in [0.717, 1.165) is 0 Å². The average Bonchev–Trinajstić information content (AvgIpc) is 3.78. The van der Waals surface area contributed by atoms with Crippen molar-refractivity contribution in [2.75, 3.05) is 46.1 Å². The van der Waals surface area contributed by atoms with Gasteiger partial charge in [0, 0.05) is 17.6 Å². The lowest BCUT2D eigenvalue weighted by Gasteiger charge is -2.38. The van der Waals surface area contributed by atoms with Crippen molar-refractivity contribution < 1.29 is 50.8 Å². The van der Waals surface area contributed by atoms with Gasteiger partial charge < -0.3 is 34.1 Å². The molecule has 278 valence electrons. The first kappa shape index (κ1) is 38.8. The van der Waals surface area contributed by atoms with Gasteiger partial charge in [0.05, 0.1) is 47.7 Å². The second-order valence-corrected chi connectivity index (χ2v) is 19.4. The van der Waals surface area contributed by atoms with Crippen molar-refractivity contribution in [2.24, 2.45) is 0 Å². The third kappa shape index (κ3) is 8.42. The summed E-state index contributed by atoms with van der Waals surface area (Å²) >= 11 is 3.37. The first-order chi connectivity index (χ1) is 23.4. The van der Waals surface area contributed by atoms with Crippen molar-refractivity contribution >= 4 is 41.9 Å². The molecule has 2 saturated heterocycles. The molecule has 2 heterocycles. The van der Waals surface area contributed by atoms with Crippen LogP contribution >= 0.6 is 15.9 Å². The number of piperidine rings is 1. The van der Waals surface area contributed by atoms with E-state index in [9.17, 15) is 31.8 Å². The minimum absolute atomic E-state index is 0.0324. The van der Waals surface area contributed by atoms with E-state index in [1.807, 2.05) is 0 Å². The zero-order valence-corrected chi connectivity index (χ0v) is 32.1. The van der Waals surface area contributed by atoms with Crippen LogP contribution in [0, 0.1) is 0 Å². The Balaban J connectivity index is 1.24. The maximum atomic E-state index is 13.7. The number of carbonyl (C=O) groups is 1. The summed E-state index contributed by atoms with van der Waals surface area (Å²) in [6, 6.07) is 10.4. The zero-order valence-electron chi connectivity index (χ0n) is 28.8. The summed E-state index contributed by atoms with van der Waals surface area (Å²) in [5.41, 5.74) is -1.47. The lowest BCUT2D eigenvalue weighted by Crippen LogP contribution is -2.50. The molecule has 5 rings (SSSR count). The molecule has 2 atom stereocenters. The number of nitrogens with zero attached hydrogens (tertiary/aromatic N) is 2. The van der Waals surface area contributed by atoms with Crippen LogP contribution < -0.4 is 9.47 Å². The van der Waals surface area contributed by atoms with Crippen LogP contribution in [0.3, 0.4) is 0 Å². The molecule has 0 bridgehead atoms. The standard InChI is InChI=1S/C34H47BrN2O11S2/c1-5-45-29-10-9-24(35)17-30(29)50(43,44)36-15-13-33(14-16-36)19-25(21-47-33)37(31(40)48-32(2,3)4)20-26(39)22-46-27-7-6-8-28(18-27)49(41,42)34(23-38)11-12-34/h6-10,17-18,25-26,38-39H,5,11-16,19-23H2,1-4H3/t25-,26-/m0/s1. The molecule has 2 aromatic carbocycles. The third-order valence-electron chi connectivity index (χ3n) is 9.35. The predicted molar refractivity (Wildman–Crippen MR) is 188 cm³/mol. The lowest BCUT2D eigenvalue weighted by molar-refractivity contribution is -0.0329. The molecular formula is C34H47BrN2O11S2. The van der Waals surface area contributed by atoms with Gasteiger partial charge >= 0.3 is 6.09 Å². The molecule has 0 aromatic heterocycles. The van der Waals surface area contributed by atoms with E-state index in [-0.39, 0.29) is 54.1 Å².